The number of aliphatic hydroxyl groups is 1. The van der Waals surface area contributed by atoms with Gasteiger partial charge in [-0.1, -0.05) is 18.5 Å². The minimum Gasteiger partial charge on any atom is -0.398 e. The lowest BCUT2D eigenvalue weighted by Crippen LogP contribution is -2.44. The first-order valence-electron chi connectivity index (χ1n) is 6.47. The molecule has 0 amide bonds. The Kier molecular flexibility index (Phi) is 4.30. The van der Waals surface area contributed by atoms with Gasteiger partial charge in [0.05, 0.1) is 11.1 Å². The molecule has 1 aliphatic heterocycles. The first-order valence-corrected chi connectivity index (χ1v) is 8.29. The summed E-state index contributed by atoms with van der Waals surface area (Å²) in [6.45, 7) is 4.18. The summed E-state index contributed by atoms with van der Waals surface area (Å²) in [5, 5.41) is 9.88. The van der Waals surface area contributed by atoms with E-state index in [0.717, 1.165) is 5.56 Å². The number of benzene rings is 1. The number of hydrogen-bond acceptors (Lipinski definition) is 4. The van der Waals surface area contributed by atoms with Gasteiger partial charge in [0.1, 0.15) is 4.90 Å². The highest BCUT2D eigenvalue weighted by Gasteiger charge is 2.33. The molecule has 2 atom stereocenters. The number of aliphatic hydroxyl groups excluding tert-OH is 1. The molecule has 1 heterocycles. The van der Waals surface area contributed by atoms with Crippen molar-refractivity contribution in [2.75, 3.05) is 18.8 Å². The van der Waals surface area contributed by atoms with Crippen LogP contribution >= 0.6 is 11.6 Å². The molecule has 0 bridgehead atoms. The molecule has 0 aromatic heterocycles. The van der Waals surface area contributed by atoms with E-state index in [-0.39, 0.29) is 28.9 Å². The predicted octanol–water partition coefficient (Wildman–Crippen LogP) is 1.62. The van der Waals surface area contributed by atoms with Crippen LogP contribution in [0.2, 0.25) is 5.02 Å². The second kappa shape index (κ2) is 5.52. The number of hydrogen-bond donors (Lipinski definition) is 2. The molecule has 0 saturated carbocycles. The lowest BCUT2D eigenvalue weighted by molar-refractivity contribution is 0.0628. The van der Waals surface area contributed by atoms with Gasteiger partial charge in [-0.25, -0.2) is 8.42 Å². The largest absolute Gasteiger partial charge is 0.398 e. The number of halogens is 1. The van der Waals surface area contributed by atoms with Crippen molar-refractivity contribution in [3.63, 3.8) is 0 Å². The van der Waals surface area contributed by atoms with Crippen molar-refractivity contribution in [1.29, 1.82) is 0 Å². The van der Waals surface area contributed by atoms with Gasteiger partial charge in [-0.2, -0.15) is 4.31 Å². The van der Waals surface area contributed by atoms with Crippen LogP contribution in [0.25, 0.3) is 0 Å². The molecule has 0 spiro atoms. The molecule has 1 aromatic carbocycles. The van der Waals surface area contributed by atoms with Gasteiger partial charge in [0.25, 0.3) is 0 Å². The summed E-state index contributed by atoms with van der Waals surface area (Å²) in [7, 11) is -3.68. The molecule has 5 nitrogen and oxygen atoms in total. The van der Waals surface area contributed by atoms with Crippen molar-refractivity contribution >= 4 is 27.3 Å². The molecule has 1 aromatic rings. The second-order valence-corrected chi connectivity index (χ2v) is 7.65. The van der Waals surface area contributed by atoms with E-state index >= 15 is 0 Å². The van der Waals surface area contributed by atoms with Gasteiger partial charge in [0.15, 0.2) is 0 Å². The van der Waals surface area contributed by atoms with E-state index < -0.39 is 16.1 Å². The summed E-state index contributed by atoms with van der Waals surface area (Å²) in [5.41, 5.74) is 6.93. The lowest BCUT2D eigenvalue weighted by atomic mass is 9.99. The van der Waals surface area contributed by atoms with Gasteiger partial charge < -0.3 is 10.8 Å². The van der Waals surface area contributed by atoms with Gasteiger partial charge in [-0.3, -0.25) is 0 Å². The smallest absolute Gasteiger partial charge is 0.244 e. The van der Waals surface area contributed by atoms with Gasteiger partial charge in [0, 0.05) is 18.8 Å². The summed E-state index contributed by atoms with van der Waals surface area (Å²) in [6.07, 6.45) is -0.0284. The van der Waals surface area contributed by atoms with Gasteiger partial charge >= 0.3 is 0 Å². The predicted molar refractivity (Wildman–Crippen MR) is 79.1 cm³/mol. The maximum Gasteiger partial charge on any atom is 0.244 e. The molecule has 1 saturated heterocycles. The third-order valence-corrected chi connectivity index (χ3v) is 6.09. The maximum absolute atomic E-state index is 12.6. The molecule has 112 valence electrons. The van der Waals surface area contributed by atoms with Crippen molar-refractivity contribution in [3.05, 3.63) is 22.7 Å². The van der Waals surface area contributed by atoms with Crippen molar-refractivity contribution in [2.24, 2.45) is 5.92 Å². The van der Waals surface area contributed by atoms with Crippen molar-refractivity contribution in [3.8, 4) is 0 Å². The Morgan fingerprint density at radius 3 is 2.70 bits per heavy atom. The number of nitrogens with two attached hydrogens (primary N) is 1. The Morgan fingerprint density at radius 2 is 2.10 bits per heavy atom. The van der Waals surface area contributed by atoms with E-state index in [1.54, 1.807) is 13.0 Å². The fourth-order valence-corrected chi connectivity index (χ4v) is 4.47. The molecule has 0 aliphatic carbocycles. The van der Waals surface area contributed by atoms with E-state index in [0.29, 0.717) is 12.1 Å². The summed E-state index contributed by atoms with van der Waals surface area (Å²) in [6, 6.07) is 2.97. The lowest BCUT2D eigenvalue weighted by Gasteiger charge is -2.33. The standard InChI is InChI=1S/C13H19ClN2O3S/c1-8-5-10(14)13(6-11(8)15)20(18,19)16-4-3-12(17)9(2)7-16/h5-6,9,12,17H,3-4,7,15H2,1-2H3. The highest BCUT2D eigenvalue weighted by atomic mass is 35.5. The van der Waals surface area contributed by atoms with Gasteiger partial charge in [-0.05, 0) is 37.0 Å². The van der Waals surface area contributed by atoms with Crippen LogP contribution in [-0.4, -0.2) is 37.0 Å². The summed E-state index contributed by atoms with van der Waals surface area (Å²) < 4.78 is 26.6. The fourth-order valence-electron chi connectivity index (χ4n) is 2.32. The number of anilines is 1. The van der Waals surface area contributed by atoms with E-state index in [2.05, 4.69) is 0 Å². The van der Waals surface area contributed by atoms with Crippen LogP contribution < -0.4 is 5.73 Å². The van der Waals surface area contributed by atoms with E-state index in [4.69, 9.17) is 17.3 Å². The third kappa shape index (κ3) is 2.79. The quantitative estimate of drug-likeness (QED) is 0.812. The van der Waals surface area contributed by atoms with E-state index in [9.17, 15) is 13.5 Å². The molecular formula is C13H19ClN2O3S. The molecule has 3 N–H and O–H groups in total. The van der Waals surface area contributed by atoms with E-state index in [1.807, 2.05) is 6.92 Å². The molecule has 2 rings (SSSR count). The Balaban J connectivity index is 2.38. The van der Waals surface area contributed by atoms with Crippen LogP contribution in [-0.2, 0) is 10.0 Å². The zero-order valence-electron chi connectivity index (χ0n) is 11.5. The number of rotatable bonds is 2. The first kappa shape index (κ1) is 15.6. The first-order chi connectivity index (χ1) is 9.23. The minimum absolute atomic E-state index is 0.0332. The summed E-state index contributed by atoms with van der Waals surface area (Å²) in [4.78, 5) is 0.0332. The Morgan fingerprint density at radius 1 is 1.45 bits per heavy atom. The zero-order valence-corrected chi connectivity index (χ0v) is 13.1. The van der Waals surface area contributed by atoms with Crippen LogP contribution in [0.5, 0.6) is 0 Å². The fraction of sp³-hybridized carbons (Fsp3) is 0.538. The number of nitrogen functional groups attached to an aromatic ring is 1. The molecule has 0 radical (unpaired) electrons. The Labute approximate surface area is 124 Å². The summed E-state index contributed by atoms with van der Waals surface area (Å²) in [5.74, 6) is -0.0971. The van der Waals surface area contributed by atoms with Crippen molar-refractivity contribution < 1.29 is 13.5 Å². The molecule has 20 heavy (non-hydrogen) atoms. The zero-order chi connectivity index (χ0) is 15.1. The van der Waals surface area contributed by atoms with Gasteiger partial charge in [-0.15, -0.1) is 0 Å². The topological polar surface area (TPSA) is 83.6 Å². The van der Waals surface area contributed by atoms with Gasteiger partial charge in [0.2, 0.25) is 10.0 Å². The third-order valence-electron chi connectivity index (χ3n) is 3.76. The normalized spacial score (nSPS) is 24.8. The molecular weight excluding hydrogens is 300 g/mol. The van der Waals surface area contributed by atoms with Crippen LogP contribution in [0.4, 0.5) is 5.69 Å². The average Bonchev–Trinajstić information content (AvgIpc) is 2.36. The molecule has 7 heteroatoms. The molecule has 1 aliphatic rings. The highest BCUT2D eigenvalue weighted by Crippen LogP contribution is 2.31. The van der Waals surface area contributed by atoms with Crippen LogP contribution in [0.1, 0.15) is 18.9 Å². The monoisotopic (exact) mass is 318 g/mol. The number of piperidine rings is 1. The molecule has 1 fully saturated rings. The number of aryl methyl sites for hydroxylation is 1. The number of sulfonamides is 1. The van der Waals surface area contributed by atoms with Crippen LogP contribution in [0.3, 0.4) is 0 Å². The number of nitrogens with zero attached hydrogens (tertiary/aromatic N) is 1. The second-order valence-electron chi connectivity index (χ2n) is 5.34. The minimum atomic E-state index is -3.68. The molecule has 2 unspecified atom stereocenters. The Hall–Kier alpha value is -0.820. The average molecular weight is 319 g/mol. The van der Waals surface area contributed by atoms with Crippen molar-refractivity contribution in [2.45, 2.75) is 31.3 Å². The summed E-state index contributed by atoms with van der Waals surface area (Å²) >= 11 is 6.06. The Bertz CT molecular complexity index is 618. The van der Waals surface area contributed by atoms with Crippen molar-refractivity contribution in [1.82, 2.24) is 4.31 Å². The maximum atomic E-state index is 12.6. The highest BCUT2D eigenvalue weighted by molar-refractivity contribution is 7.89. The van der Waals surface area contributed by atoms with E-state index in [1.165, 1.54) is 10.4 Å². The SMILES string of the molecule is Cc1cc(Cl)c(S(=O)(=O)N2CCC(O)C(C)C2)cc1N. The van der Waals surface area contributed by atoms with Crippen LogP contribution in [0.15, 0.2) is 17.0 Å². The van der Waals surface area contributed by atoms with Crippen LogP contribution in [0, 0.1) is 12.8 Å².